The lowest BCUT2D eigenvalue weighted by atomic mass is 10.0. The van der Waals surface area contributed by atoms with Gasteiger partial charge in [-0.1, -0.05) is 46.2 Å². The Kier molecular flexibility index (Phi) is 5.37. The maximum absolute atomic E-state index is 3.60. The van der Waals surface area contributed by atoms with Crippen LogP contribution in [0, 0.1) is 0 Å². The minimum absolute atomic E-state index is 0.617. The molecule has 1 aromatic carbocycles. The molecule has 0 amide bonds. The zero-order valence-electron chi connectivity index (χ0n) is 11.1. The Morgan fingerprint density at radius 3 is 2.12 bits per heavy atom. The molecule has 1 nitrogen and oxygen atoms in total. The molecule has 1 N–H and O–H groups in total. The van der Waals surface area contributed by atoms with Gasteiger partial charge < -0.3 is 5.32 Å². The standard InChI is InChI=1S/C15H25N/c1-5-7-14(6-2)16-15-10-8-13(9-11-15)12(3)4/h8-12,14,16H,5-7H2,1-4H3. The molecule has 0 aliphatic rings. The first kappa shape index (κ1) is 13.1. The zero-order valence-corrected chi connectivity index (χ0v) is 11.1. The van der Waals surface area contributed by atoms with Gasteiger partial charge in [0.05, 0.1) is 0 Å². The molecule has 0 heterocycles. The summed E-state index contributed by atoms with van der Waals surface area (Å²) in [6.45, 7) is 8.95. The molecule has 1 heteroatoms. The van der Waals surface area contributed by atoms with Crippen molar-refractivity contribution in [2.24, 2.45) is 0 Å². The first-order chi connectivity index (χ1) is 7.67. The van der Waals surface area contributed by atoms with Crippen molar-refractivity contribution in [3.05, 3.63) is 29.8 Å². The predicted molar refractivity (Wildman–Crippen MR) is 73.1 cm³/mol. The summed E-state index contributed by atoms with van der Waals surface area (Å²) >= 11 is 0. The van der Waals surface area contributed by atoms with Gasteiger partial charge in [0.2, 0.25) is 0 Å². The molecule has 0 spiro atoms. The first-order valence-electron chi connectivity index (χ1n) is 6.53. The van der Waals surface area contributed by atoms with Gasteiger partial charge in [0.25, 0.3) is 0 Å². The van der Waals surface area contributed by atoms with Gasteiger partial charge in [-0.15, -0.1) is 0 Å². The molecule has 0 bridgehead atoms. The minimum Gasteiger partial charge on any atom is -0.382 e. The smallest absolute Gasteiger partial charge is 0.0342 e. The molecule has 0 aromatic heterocycles. The van der Waals surface area contributed by atoms with Gasteiger partial charge in [-0.3, -0.25) is 0 Å². The van der Waals surface area contributed by atoms with E-state index in [2.05, 4.69) is 57.3 Å². The summed E-state index contributed by atoms with van der Waals surface area (Å²) in [5.41, 5.74) is 2.67. The van der Waals surface area contributed by atoms with Crippen LogP contribution in [-0.4, -0.2) is 6.04 Å². The van der Waals surface area contributed by atoms with E-state index >= 15 is 0 Å². The number of anilines is 1. The van der Waals surface area contributed by atoms with Gasteiger partial charge in [0.15, 0.2) is 0 Å². The Morgan fingerprint density at radius 2 is 1.69 bits per heavy atom. The third kappa shape index (κ3) is 3.88. The summed E-state index contributed by atoms with van der Waals surface area (Å²) in [4.78, 5) is 0. The highest BCUT2D eigenvalue weighted by atomic mass is 14.9. The van der Waals surface area contributed by atoms with E-state index in [0.29, 0.717) is 12.0 Å². The number of hydrogen-bond acceptors (Lipinski definition) is 1. The van der Waals surface area contributed by atoms with Crippen LogP contribution in [0.3, 0.4) is 0 Å². The highest BCUT2D eigenvalue weighted by molar-refractivity contribution is 5.45. The number of hydrogen-bond donors (Lipinski definition) is 1. The average molecular weight is 219 g/mol. The summed E-state index contributed by atoms with van der Waals surface area (Å²) in [7, 11) is 0. The summed E-state index contributed by atoms with van der Waals surface area (Å²) in [6, 6.07) is 9.48. The van der Waals surface area contributed by atoms with Crippen LogP contribution in [-0.2, 0) is 0 Å². The molecule has 0 fully saturated rings. The van der Waals surface area contributed by atoms with E-state index in [4.69, 9.17) is 0 Å². The Bertz CT molecular complexity index is 287. The van der Waals surface area contributed by atoms with Crippen molar-refractivity contribution in [1.29, 1.82) is 0 Å². The molecule has 1 rings (SSSR count). The molecule has 1 aromatic rings. The molecule has 90 valence electrons. The van der Waals surface area contributed by atoms with Gasteiger partial charge in [-0.25, -0.2) is 0 Å². The lowest BCUT2D eigenvalue weighted by Gasteiger charge is -2.18. The SMILES string of the molecule is CCCC(CC)Nc1ccc(C(C)C)cc1. The summed E-state index contributed by atoms with van der Waals surface area (Å²) in [6.07, 6.45) is 3.69. The largest absolute Gasteiger partial charge is 0.382 e. The Balaban J connectivity index is 2.60. The topological polar surface area (TPSA) is 12.0 Å². The van der Waals surface area contributed by atoms with Gasteiger partial charge in [-0.05, 0) is 36.5 Å². The van der Waals surface area contributed by atoms with Crippen LogP contribution >= 0.6 is 0 Å². The van der Waals surface area contributed by atoms with Crippen LogP contribution in [0.2, 0.25) is 0 Å². The van der Waals surface area contributed by atoms with E-state index in [1.807, 2.05) is 0 Å². The Hall–Kier alpha value is -0.980. The number of nitrogens with one attached hydrogen (secondary N) is 1. The van der Waals surface area contributed by atoms with E-state index in [1.165, 1.54) is 30.5 Å². The van der Waals surface area contributed by atoms with Gasteiger partial charge >= 0.3 is 0 Å². The molecular weight excluding hydrogens is 194 g/mol. The van der Waals surface area contributed by atoms with Crippen LogP contribution in [0.5, 0.6) is 0 Å². The lowest BCUT2D eigenvalue weighted by molar-refractivity contribution is 0.623. The van der Waals surface area contributed by atoms with Gasteiger partial charge in [0, 0.05) is 11.7 Å². The van der Waals surface area contributed by atoms with Crippen LogP contribution in [0.15, 0.2) is 24.3 Å². The van der Waals surface area contributed by atoms with Crippen molar-refractivity contribution in [2.45, 2.75) is 58.9 Å². The lowest BCUT2D eigenvalue weighted by Crippen LogP contribution is -2.17. The van der Waals surface area contributed by atoms with Gasteiger partial charge in [-0.2, -0.15) is 0 Å². The van der Waals surface area contributed by atoms with E-state index < -0.39 is 0 Å². The van der Waals surface area contributed by atoms with Gasteiger partial charge in [0.1, 0.15) is 0 Å². The molecule has 16 heavy (non-hydrogen) atoms. The van der Waals surface area contributed by atoms with Crippen LogP contribution < -0.4 is 5.32 Å². The highest BCUT2D eigenvalue weighted by Gasteiger charge is 2.04. The normalized spacial score (nSPS) is 12.8. The highest BCUT2D eigenvalue weighted by Crippen LogP contribution is 2.18. The molecule has 0 aliphatic carbocycles. The molecule has 0 aliphatic heterocycles. The second-order valence-electron chi connectivity index (χ2n) is 4.81. The van der Waals surface area contributed by atoms with Crippen molar-refractivity contribution >= 4 is 5.69 Å². The van der Waals surface area contributed by atoms with Crippen molar-refractivity contribution < 1.29 is 0 Å². The van der Waals surface area contributed by atoms with Crippen LogP contribution in [0.25, 0.3) is 0 Å². The third-order valence-electron chi connectivity index (χ3n) is 3.08. The van der Waals surface area contributed by atoms with Crippen molar-refractivity contribution in [2.75, 3.05) is 5.32 Å². The van der Waals surface area contributed by atoms with Crippen LogP contribution in [0.4, 0.5) is 5.69 Å². The predicted octanol–water partition coefficient (Wildman–Crippen LogP) is 4.80. The minimum atomic E-state index is 0.617. The summed E-state index contributed by atoms with van der Waals surface area (Å²) in [5, 5.41) is 3.60. The number of rotatable bonds is 6. The molecular formula is C15H25N. The monoisotopic (exact) mass is 219 g/mol. The maximum Gasteiger partial charge on any atom is 0.0342 e. The summed E-state index contributed by atoms with van der Waals surface area (Å²) in [5.74, 6) is 0.617. The van der Waals surface area contributed by atoms with Crippen molar-refractivity contribution in [3.8, 4) is 0 Å². The quantitative estimate of drug-likeness (QED) is 0.724. The fraction of sp³-hybridized carbons (Fsp3) is 0.600. The van der Waals surface area contributed by atoms with Crippen molar-refractivity contribution in [3.63, 3.8) is 0 Å². The van der Waals surface area contributed by atoms with E-state index in [-0.39, 0.29) is 0 Å². The molecule has 1 atom stereocenters. The van der Waals surface area contributed by atoms with E-state index in [9.17, 15) is 0 Å². The second-order valence-corrected chi connectivity index (χ2v) is 4.81. The zero-order chi connectivity index (χ0) is 12.0. The fourth-order valence-corrected chi connectivity index (χ4v) is 1.93. The van der Waals surface area contributed by atoms with E-state index in [0.717, 1.165) is 0 Å². The average Bonchev–Trinajstić information content (AvgIpc) is 2.29. The second kappa shape index (κ2) is 6.57. The molecule has 1 unspecified atom stereocenters. The first-order valence-corrected chi connectivity index (χ1v) is 6.53. The number of benzene rings is 1. The molecule has 0 radical (unpaired) electrons. The summed E-state index contributed by atoms with van der Waals surface area (Å²) < 4.78 is 0. The molecule has 0 saturated carbocycles. The van der Waals surface area contributed by atoms with Crippen LogP contribution in [0.1, 0.15) is 58.4 Å². The maximum atomic E-state index is 3.60. The Morgan fingerprint density at radius 1 is 1.06 bits per heavy atom. The fourth-order valence-electron chi connectivity index (χ4n) is 1.93. The third-order valence-corrected chi connectivity index (χ3v) is 3.08. The Labute approximate surface area is 100 Å². The van der Waals surface area contributed by atoms with E-state index in [1.54, 1.807) is 0 Å². The van der Waals surface area contributed by atoms with Crippen molar-refractivity contribution in [1.82, 2.24) is 0 Å². The molecule has 0 saturated heterocycles.